The summed E-state index contributed by atoms with van der Waals surface area (Å²) in [6, 6.07) is 6.16. The number of nitrogens with zero attached hydrogens (tertiary/aromatic N) is 1. The molecule has 0 spiro atoms. The van der Waals surface area contributed by atoms with Crippen LogP contribution in [0.15, 0.2) is 18.2 Å². The van der Waals surface area contributed by atoms with Crippen molar-refractivity contribution in [3.8, 4) is 17.2 Å². The summed E-state index contributed by atoms with van der Waals surface area (Å²) in [7, 11) is 4.71. The highest BCUT2D eigenvalue weighted by atomic mass is 16.5. The summed E-state index contributed by atoms with van der Waals surface area (Å²) < 4.78 is 18.4. The molecular weight excluding hydrogens is 356 g/mol. The van der Waals surface area contributed by atoms with Gasteiger partial charge in [0.15, 0.2) is 17.3 Å². The number of carbonyl (C=O) groups excluding carboxylic acids is 1. The predicted octanol–water partition coefficient (Wildman–Crippen LogP) is 4.54. The topological polar surface area (TPSA) is 61.7 Å². The number of benzene rings is 1. The van der Waals surface area contributed by atoms with Crippen LogP contribution in [-0.2, 0) is 0 Å². The largest absolute Gasteiger partial charge is 0.493 e. The van der Waals surface area contributed by atoms with E-state index in [2.05, 4.69) is 23.7 Å². The maximum absolute atomic E-state index is 12.9. The van der Waals surface area contributed by atoms with E-state index in [4.69, 9.17) is 14.2 Å². The number of Topliss-reactive ketones (excluding diaryl/α,β-unsaturated/α-hetero) is 1. The third kappa shape index (κ3) is 3.81. The Morgan fingerprint density at radius 1 is 1.04 bits per heavy atom. The molecule has 3 rings (SSSR count). The molecular formula is C22H30N2O4. The number of aryl methyl sites for hydroxylation is 1. The lowest BCUT2D eigenvalue weighted by Gasteiger charge is -2.17. The van der Waals surface area contributed by atoms with E-state index >= 15 is 0 Å². The zero-order valence-electron chi connectivity index (χ0n) is 17.4. The summed E-state index contributed by atoms with van der Waals surface area (Å²) in [6.07, 6.45) is 4.95. The van der Waals surface area contributed by atoms with Crippen LogP contribution in [0.3, 0.4) is 0 Å². The normalized spacial score (nSPS) is 14.2. The predicted molar refractivity (Wildman–Crippen MR) is 110 cm³/mol. The van der Waals surface area contributed by atoms with Crippen molar-refractivity contribution < 1.29 is 19.0 Å². The number of rotatable bonds is 8. The Morgan fingerprint density at radius 3 is 2.18 bits per heavy atom. The zero-order chi connectivity index (χ0) is 20.3. The van der Waals surface area contributed by atoms with Crippen LogP contribution in [0.25, 0.3) is 0 Å². The minimum absolute atomic E-state index is 0.0751. The number of hydrogen-bond acceptors (Lipinski definition) is 5. The van der Waals surface area contributed by atoms with Gasteiger partial charge in [-0.2, -0.15) is 0 Å². The summed E-state index contributed by atoms with van der Waals surface area (Å²) in [5.74, 6) is 1.71. The van der Waals surface area contributed by atoms with E-state index in [1.165, 1.54) is 31.4 Å². The standard InChI is InChI=1S/C22H30N2O4/c1-14-10-18(15(2)24(14)17-8-6-7-9-17)19(25)13-23-16-11-20(26-3)22(28-5)21(12-16)27-4/h10-12,17,23H,6-9,13H2,1-5H3. The number of hydrogen-bond donors (Lipinski definition) is 1. The highest BCUT2D eigenvalue weighted by molar-refractivity contribution is 6.00. The van der Waals surface area contributed by atoms with E-state index in [1.807, 2.05) is 6.07 Å². The maximum Gasteiger partial charge on any atom is 0.203 e. The van der Waals surface area contributed by atoms with E-state index in [1.54, 1.807) is 33.5 Å². The molecule has 1 aromatic heterocycles. The van der Waals surface area contributed by atoms with Crippen molar-refractivity contribution in [3.05, 3.63) is 35.2 Å². The van der Waals surface area contributed by atoms with Crippen molar-refractivity contribution in [1.29, 1.82) is 0 Å². The second-order valence-electron chi connectivity index (χ2n) is 7.28. The fourth-order valence-corrected chi connectivity index (χ4v) is 4.24. The van der Waals surface area contributed by atoms with E-state index < -0.39 is 0 Å². The number of anilines is 1. The van der Waals surface area contributed by atoms with Gasteiger partial charge in [0.05, 0.1) is 27.9 Å². The number of aromatic nitrogens is 1. The molecule has 1 aliphatic carbocycles. The fourth-order valence-electron chi connectivity index (χ4n) is 4.24. The maximum atomic E-state index is 12.9. The van der Waals surface area contributed by atoms with Crippen molar-refractivity contribution in [2.75, 3.05) is 33.2 Å². The second-order valence-corrected chi connectivity index (χ2v) is 7.28. The molecule has 1 N–H and O–H groups in total. The first-order valence-corrected chi connectivity index (χ1v) is 9.75. The van der Waals surface area contributed by atoms with Crippen molar-refractivity contribution in [2.45, 2.75) is 45.6 Å². The van der Waals surface area contributed by atoms with Gasteiger partial charge in [-0.15, -0.1) is 0 Å². The van der Waals surface area contributed by atoms with E-state index in [-0.39, 0.29) is 12.3 Å². The quantitative estimate of drug-likeness (QED) is 0.675. The summed E-state index contributed by atoms with van der Waals surface area (Å²) in [4.78, 5) is 12.9. The minimum Gasteiger partial charge on any atom is -0.493 e. The Hall–Kier alpha value is -2.63. The van der Waals surface area contributed by atoms with Gasteiger partial charge in [-0.25, -0.2) is 0 Å². The lowest BCUT2D eigenvalue weighted by Crippen LogP contribution is -2.16. The smallest absolute Gasteiger partial charge is 0.203 e. The molecule has 1 saturated carbocycles. The van der Waals surface area contributed by atoms with E-state index in [0.717, 1.165) is 16.9 Å². The van der Waals surface area contributed by atoms with Gasteiger partial charge < -0.3 is 24.1 Å². The molecule has 28 heavy (non-hydrogen) atoms. The highest BCUT2D eigenvalue weighted by Crippen LogP contribution is 2.40. The number of ketones is 1. The number of methoxy groups -OCH3 is 3. The Labute approximate surface area is 166 Å². The first-order valence-electron chi connectivity index (χ1n) is 9.75. The number of ether oxygens (including phenoxy) is 3. The lowest BCUT2D eigenvalue weighted by molar-refractivity contribution is 0.101. The van der Waals surface area contributed by atoms with Gasteiger partial charge in [0.2, 0.25) is 5.75 Å². The van der Waals surface area contributed by atoms with Gasteiger partial charge in [-0.1, -0.05) is 12.8 Å². The monoisotopic (exact) mass is 386 g/mol. The Bertz CT molecular complexity index is 825. The second kappa shape index (κ2) is 8.59. The first kappa shape index (κ1) is 20.1. The zero-order valence-corrected chi connectivity index (χ0v) is 17.4. The van der Waals surface area contributed by atoms with Crippen LogP contribution in [0.2, 0.25) is 0 Å². The van der Waals surface area contributed by atoms with Gasteiger partial charge in [0, 0.05) is 40.8 Å². The molecule has 1 aromatic carbocycles. The molecule has 1 aliphatic rings. The van der Waals surface area contributed by atoms with Crippen LogP contribution >= 0.6 is 0 Å². The lowest BCUT2D eigenvalue weighted by atomic mass is 10.1. The molecule has 0 radical (unpaired) electrons. The van der Waals surface area contributed by atoms with Crippen LogP contribution in [-0.4, -0.2) is 38.2 Å². The van der Waals surface area contributed by atoms with Gasteiger partial charge in [-0.05, 0) is 32.8 Å². The highest BCUT2D eigenvalue weighted by Gasteiger charge is 2.23. The average molecular weight is 386 g/mol. The Morgan fingerprint density at radius 2 is 1.64 bits per heavy atom. The van der Waals surface area contributed by atoms with Crippen LogP contribution in [0, 0.1) is 13.8 Å². The molecule has 0 saturated heterocycles. The van der Waals surface area contributed by atoms with Gasteiger partial charge in [0.1, 0.15) is 0 Å². The van der Waals surface area contributed by atoms with Crippen LogP contribution < -0.4 is 19.5 Å². The van der Waals surface area contributed by atoms with Gasteiger partial charge >= 0.3 is 0 Å². The molecule has 0 amide bonds. The van der Waals surface area contributed by atoms with Crippen molar-refractivity contribution in [3.63, 3.8) is 0 Å². The molecule has 6 nitrogen and oxygen atoms in total. The third-order valence-electron chi connectivity index (χ3n) is 5.59. The minimum atomic E-state index is 0.0751. The fraction of sp³-hybridized carbons (Fsp3) is 0.500. The van der Waals surface area contributed by atoms with Crippen LogP contribution in [0.4, 0.5) is 5.69 Å². The van der Waals surface area contributed by atoms with E-state index in [0.29, 0.717) is 23.3 Å². The summed E-state index contributed by atoms with van der Waals surface area (Å²) >= 11 is 0. The molecule has 1 fully saturated rings. The Balaban J connectivity index is 1.77. The first-order chi connectivity index (χ1) is 13.5. The van der Waals surface area contributed by atoms with E-state index in [9.17, 15) is 4.79 Å². The van der Waals surface area contributed by atoms with Crippen LogP contribution in [0.1, 0.15) is 53.5 Å². The Kier molecular flexibility index (Phi) is 6.17. The molecule has 0 aliphatic heterocycles. The average Bonchev–Trinajstić information content (AvgIpc) is 3.32. The molecule has 0 atom stereocenters. The number of carbonyl (C=O) groups is 1. The van der Waals surface area contributed by atoms with Crippen molar-refractivity contribution in [1.82, 2.24) is 4.57 Å². The van der Waals surface area contributed by atoms with Gasteiger partial charge in [0.25, 0.3) is 0 Å². The van der Waals surface area contributed by atoms with Crippen molar-refractivity contribution >= 4 is 11.5 Å². The SMILES string of the molecule is COc1cc(NCC(=O)c2cc(C)n(C3CCCC3)c2C)cc(OC)c1OC. The number of nitrogens with one attached hydrogen (secondary N) is 1. The van der Waals surface area contributed by atoms with Gasteiger partial charge in [-0.3, -0.25) is 4.79 Å². The molecule has 1 heterocycles. The summed E-state index contributed by atoms with van der Waals surface area (Å²) in [5, 5.41) is 3.19. The molecule has 2 aromatic rings. The molecule has 6 heteroatoms. The molecule has 0 bridgehead atoms. The summed E-state index contributed by atoms with van der Waals surface area (Å²) in [5.41, 5.74) is 3.78. The third-order valence-corrected chi connectivity index (χ3v) is 5.59. The molecule has 0 unspecified atom stereocenters. The van der Waals surface area contributed by atoms with Crippen molar-refractivity contribution in [2.24, 2.45) is 0 Å². The van der Waals surface area contributed by atoms with Crippen LogP contribution in [0.5, 0.6) is 17.2 Å². The summed E-state index contributed by atoms with van der Waals surface area (Å²) in [6.45, 7) is 4.35. The molecule has 152 valence electrons.